The number of hydrogen-bond donors (Lipinski definition) is 2. The van der Waals surface area contributed by atoms with Crippen LogP contribution in [-0.2, 0) is 9.53 Å². The molecule has 4 heteroatoms. The summed E-state index contributed by atoms with van der Waals surface area (Å²) in [5, 5.41) is 19.1. The fourth-order valence-electron chi connectivity index (χ4n) is 2.35. The molecule has 0 bridgehead atoms. The monoisotopic (exact) mass is 236 g/mol. The van der Waals surface area contributed by atoms with Crippen LogP contribution in [0.15, 0.2) is 18.2 Å². The highest BCUT2D eigenvalue weighted by Crippen LogP contribution is 2.56. The fraction of sp³-hybridized carbons (Fsp3) is 0.462. The van der Waals surface area contributed by atoms with Gasteiger partial charge in [0.1, 0.15) is 11.5 Å². The van der Waals surface area contributed by atoms with Crippen molar-refractivity contribution < 1.29 is 19.7 Å². The van der Waals surface area contributed by atoms with Crippen LogP contribution in [-0.4, -0.2) is 22.8 Å². The average molecular weight is 236 g/mol. The lowest BCUT2D eigenvalue weighted by Gasteiger charge is -2.04. The van der Waals surface area contributed by atoms with E-state index in [0.717, 1.165) is 0 Å². The van der Waals surface area contributed by atoms with E-state index in [0.29, 0.717) is 12.2 Å². The summed E-state index contributed by atoms with van der Waals surface area (Å²) in [5.74, 6) is -0.135. The molecule has 1 saturated carbocycles. The molecule has 0 saturated heterocycles. The number of aromatic hydroxyl groups is 2. The largest absolute Gasteiger partial charge is 0.508 e. The van der Waals surface area contributed by atoms with Gasteiger partial charge in [-0.1, -0.05) is 6.92 Å². The highest BCUT2D eigenvalue weighted by atomic mass is 16.5. The zero-order chi connectivity index (χ0) is 12.6. The number of ether oxygens (including phenoxy) is 1. The van der Waals surface area contributed by atoms with E-state index in [1.165, 1.54) is 18.2 Å². The van der Waals surface area contributed by atoms with Crippen LogP contribution in [0.25, 0.3) is 0 Å². The molecule has 0 heterocycles. The van der Waals surface area contributed by atoms with E-state index in [2.05, 4.69) is 0 Å². The zero-order valence-corrected chi connectivity index (χ0v) is 9.88. The van der Waals surface area contributed by atoms with Gasteiger partial charge in [-0.05, 0) is 31.0 Å². The fourth-order valence-corrected chi connectivity index (χ4v) is 2.35. The Balaban J connectivity index is 2.20. The number of phenols is 2. The second kappa shape index (κ2) is 4.28. The summed E-state index contributed by atoms with van der Waals surface area (Å²) in [6.07, 6.45) is 0. The summed E-state index contributed by atoms with van der Waals surface area (Å²) < 4.78 is 4.97. The molecule has 3 unspecified atom stereocenters. The van der Waals surface area contributed by atoms with Crippen molar-refractivity contribution in [2.24, 2.45) is 11.8 Å². The Kier molecular flexibility index (Phi) is 2.96. The topological polar surface area (TPSA) is 66.8 Å². The minimum absolute atomic E-state index is 0.0545. The maximum atomic E-state index is 11.6. The van der Waals surface area contributed by atoms with Crippen LogP contribution in [0.3, 0.4) is 0 Å². The summed E-state index contributed by atoms with van der Waals surface area (Å²) in [6, 6.07) is 4.37. The molecule has 3 atom stereocenters. The third-order valence-corrected chi connectivity index (χ3v) is 3.31. The normalized spacial score (nSPS) is 26.6. The molecule has 2 rings (SSSR count). The summed E-state index contributed by atoms with van der Waals surface area (Å²) in [4.78, 5) is 11.6. The first-order valence-corrected chi connectivity index (χ1v) is 5.74. The first-order chi connectivity index (χ1) is 8.06. The molecule has 1 aliphatic rings. The highest BCUT2D eigenvalue weighted by molar-refractivity contribution is 5.78. The van der Waals surface area contributed by atoms with Crippen molar-refractivity contribution in [3.8, 4) is 11.5 Å². The lowest BCUT2D eigenvalue weighted by molar-refractivity contribution is -0.145. The van der Waals surface area contributed by atoms with Crippen LogP contribution in [0.2, 0.25) is 0 Å². The molecule has 1 fully saturated rings. The van der Waals surface area contributed by atoms with Gasteiger partial charge in [0.2, 0.25) is 0 Å². The molecule has 0 aromatic heterocycles. The van der Waals surface area contributed by atoms with Crippen LogP contribution in [0, 0.1) is 11.8 Å². The van der Waals surface area contributed by atoms with Gasteiger partial charge in [0, 0.05) is 11.5 Å². The SMILES string of the molecule is CCOC(=O)C1C(C)C1c1cc(O)ccc1O. The molecular formula is C13H16O4. The van der Waals surface area contributed by atoms with Crippen molar-refractivity contribution in [2.45, 2.75) is 19.8 Å². The molecule has 1 aliphatic carbocycles. The summed E-state index contributed by atoms with van der Waals surface area (Å²) in [6.45, 7) is 4.07. The average Bonchev–Trinajstić information content (AvgIpc) is 2.94. The van der Waals surface area contributed by atoms with Crippen LogP contribution >= 0.6 is 0 Å². The van der Waals surface area contributed by atoms with Crippen molar-refractivity contribution in [1.82, 2.24) is 0 Å². The predicted molar refractivity (Wildman–Crippen MR) is 61.8 cm³/mol. The van der Waals surface area contributed by atoms with Gasteiger partial charge in [-0.3, -0.25) is 4.79 Å². The first-order valence-electron chi connectivity index (χ1n) is 5.74. The molecular weight excluding hydrogens is 220 g/mol. The molecule has 0 aliphatic heterocycles. The van der Waals surface area contributed by atoms with E-state index >= 15 is 0 Å². The van der Waals surface area contributed by atoms with Crippen LogP contribution in [0.4, 0.5) is 0 Å². The van der Waals surface area contributed by atoms with Gasteiger partial charge in [-0.15, -0.1) is 0 Å². The summed E-state index contributed by atoms with van der Waals surface area (Å²) in [7, 11) is 0. The molecule has 1 aromatic rings. The van der Waals surface area contributed by atoms with E-state index in [1.54, 1.807) is 6.92 Å². The van der Waals surface area contributed by atoms with E-state index in [-0.39, 0.29) is 35.2 Å². The molecule has 0 spiro atoms. The highest BCUT2D eigenvalue weighted by Gasteiger charge is 2.54. The molecule has 4 nitrogen and oxygen atoms in total. The Hall–Kier alpha value is -1.71. The third kappa shape index (κ3) is 2.07. The molecule has 1 aromatic carbocycles. The molecule has 17 heavy (non-hydrogen) atoms. The van der Waals surface area contributed by atoms with Crippen molar-refractivity contribution in [2.75, 3.05) is 6.61 Å². The second-order valence-electron chi connectivity index (χ2n) is 4.41. The third-order valence-electron chi connectivity index (χ3n) is 3.31. The minimum Gasteiger partial charge on any atom is -0.508 e. The number of carbonyl (C=O) groups excluding carboxylic acids is 1. The van der Waals surface area contributed by atoms with Gasteiger partial charge in [0.05, 0.1) is 12.5 Å². The van der Waals surface area contributed by atoms with Gasteiger partial charge >= 0.3 is 5.97 Å². The van der Waals surface area contributed by atoms with E-state index in [1.807, 2.05) is 6.92 Å². The Bertz CT molecular complexity index is 441. The number of esters is 1. The first kappa shape index (κ1) is 11.8. The van der Waals surface area contributed by atoms with Crippen LogP contribution < -0.4 is 0 Å². The van der Waals surface area contributed by atoms with Crippen LogP contribution in [0.5, 0.6) is 11.5 Å². The maximum Gasteiger partial charge on any atom is 0.309 e. The Morgan fingerprint density at radius 1 is 1.41 bits per heavy atom. The van der Waals surface area contributed by atoms with Crippen molar-refractivity contribution in [1.29, 1.82) is 0 Å². The lowest BCUT2D eigenvalue weighted by atomic mass is 10.1. The van der Waals surface area contributed by atoms with Gasteiger partial charge < -0.3 is 14.9 Å². The minimum atomic E-state index is -0.229. The Morgan fingerprint density at radius 3 is 2.76 bits per heavy atom. The van der Waals surface area contributed by atoms with Gasteiger partial charge in [0.15, 0.2) is 0 Å². The van der Waals surface area contributed by atoms with E-state index in [9.17, 15) is 15.0 Å². The number of rotatable bonds is 3. The number of carbonyl (C=O) groups is 1. The second-order valence-corrected chi connectivity index (χ2v) is 4.41. The van der Waals surface area contributed by atoms with Gasteiger partial charge in [0.25, 0.3) is 0 Å². The number of phenolic OH excluding ortho intramolecular Hbond substituents is 2. The van der Waals surface area contributed by atoms with Gasteiger partial charge in [-0.25, -0.2) is 0 Å². The maximum absolute atomic E-state index is 11.6. The summed E-state index contributed by atoms with van der Waals surface area (Å²) in [5.41, 5.74) is 0.621. The number of benzene rings is 1. The van der Waals surface area contributed by atoms with Crippen molar-refractivity contribution in [3.05, 3.63) is 23.8 Å². The predicted octanol–water partition coefficient (Wildman–Crippen LogP) is 2.01. The van der Waals surface area contributed by atoms with Crippen molar-refractivity contribution >= 4 is 5.97 Å². The van der Waals surface area contributed by atoms with Crippen molar-refractivity contribution in [3.63, 3.8) is 0 Å². The van der Waals surface area contributed by atoms with E-state index < -0.39 is 0 Å². The molecule has 0 radical (unpaired) electrons. The molecule has 2 N–H and O–H groups in total. The summed E-state index contributed by atoms with van der Waals surface area (Å²) >= 11 is 0. The Morgan fingerprint density at radius 2 is 2.12 bits per heavy atom. The quantitative estimate of drug-likeness (QED) is 0.622. The Labute approximate surface area is 99.8 Å². The van der Waals surface area contributed by atoms with E-state index in [4.69, 9.17) is 4.74 Å². The molecule has 92 valence electrons. The molecule has 0 amide bonds. The number of hydrogen-bond acceptors (Lipinski definition) is 4. The lowest BCUT2D eigenvalue weighted by Crippen LogP contribution is -2.08. The smallest absolute Gasteiger partial charge is 0.309 e. The van der Waals surface area contributed by atoms with Gasteiger partial charge in [-0.2, -0.15) is 0 Å². The zero-order valence-electron chi connectivity index (χ0n) is 9.88. The van der Waals surface area contributed by atoms with Crippen LogP contribution in [0.1, 0.15) is 25.3 Å². The standard InChI is InChI=1S/C13H16O4/c1-3-17-13(16)12-7(2)11(12)9-6-8(14)4-5-10(9)15/h4-7,11-12,14-15H,3H2,1-2H3.